The number of pyridine rings is 2. The summed E-state index contributed by atoms with van der Waals surface area (Å²) in [4.78, 5) is 34.1. The van der Waals surface area contributed by atoms with Crippen LogP contribution in [0, 0.1) is 0 Å². The Labute approximate surface area is 139 Å². The molecular weight excluding hydrogens is 308 g/mol. The minimum atomic E-state index is -0.494. The number of hydrogen-bond donors (Lipinski definition) is 2. The molecule has 3 rings (SSSR count). The van der Waals surface area contributed by atoms with Gasteiger partial charge in [-0.2, -0.15) is 0 Å². The van der Waals surface area contributed by atoms with E-state index in [4.69, 9.17) is 0 Å². The maximum absolute atomic E-state index is 12.3. The Bertz CT molecular complexity index is 763. The van der Waals surface area contributed by atoms with Gasteiger partial charge >= 0.3 is 0 Å². The Morgan fingerprint density at radius 1 is 1.21 bits per heavy atom. The van der Waals surface area contributed by atoms with Gasteiger partial charge in [0.15, 0.2) is 5.69 Å². The predicted octanol–water partition coefficient (Wildman–Crippen LogP) is 0.887. The third-order valence-corrected chi connectivity index (χ3v) is 3.95. The number of aromatic hydroxyl groups is 1. The molecule has 2 N–H and O–H groups in total. The Morgan fingerprint density at radius 2 is 2.00 bits per heavy atom. The molecule has 24 heavy (non-hydrogen) atoms. The Hall–Kier alpha value is -2.96. The van der Waals surface area contributed by atoms with Gasteiger partial charge in [0, 0.05) is 31.9 Å². The van der Waals surface area contributed by atoms with Gasteiger partial charge in [0.05, 0.1) is 12.2 Å². The summed E-state index contributed by atoms with van der Waals surface area (Å²) >= 11 is 0. The highest BCUT2D eigenvalue weighted by Crippen LogP contribution is 2.17. The lowest BCUT2D eigenvalue weighted by Crippen LogP contribution is -2.38. The summed E-state index contributed by atoms with van der Waals surface area (Å²) < 4.78 is 0. The van der Waals surface area contributed by atoms with Crippen LogP contribution in [0.25, 0.3) is 0 Å². The molecule has 0 atom stereocenters. The van der Waals surface area contributed by atoms with E-state index in [1.807, 2.05) is 12.1 Å². The highest BCUT2D eigenvalue weighted by atomic mass is 16.3. The lowest BCUT2D eigenvalue weighted by molar-refractivity contribution is -0.132. The number of fused-ring (bicyclic) bond motifs is 1. The number of carbonyl (C=O) groups is 2. The molecule has 7 nitrogen and oxygen atoms in total. The van der Waals surface area contributed by atoms with Crippen molar-refractivity contribution in [1.29, 1.82) is 0 Å². The van der Waals surface area contributed by atoms with Crippen LogP contribution >= 0.6 is 0 Å². The van der Waals surface area contributed by atoms with E-state index in [0.717, 1.165) is 12.1 Å². The number of nitrogens with zero attached hydrogens (tertiary/aromatic N) is 3. The van der Waals surface area contributed by atoms with Crippen molar-refractivity contribution in [2.24, 2.45) is 0 Å². The van der Waals surface area contributed by atoms with Gasteiger partial charge in [0.1, 0.15) is 5.75 Å². The summed E-state index contributed by atoms with van der Waals surface area (Å²) in [6.45, 7) is 1.36. The molecule has 0 aromatic carbocycles. The van der Waals surface area contributed by atoms with Gasteiger partial charge in [-0.15, -0.1) is 0 Å². The lowest BCUT2D eigenvalue weighted by atomic mass is 10.1. The molecule has 0 fully saturated rings. The van der Waals surface area contributed by atoms with Crippen molar-refractivity contribution >= 4 is 11.8 Å². The lowest BCUT2D eigenvalue weighted by Gasteiger charge is -2.28. The monoisotopic (exact) mass is 326 g/mol. The summed E-state index contributed by atoms with van der Waals surface area (Å²) in [5, 5.41) is 12.2. The Balaban J connectivity index is 1.50. The molecule has 1 aliphatic rings. The highest BCUT2D eigenvalue weighted by Gasteiger charge is 2.21. The second-order valence-electron chi connectivity index (χ2n) is 5.55. The van der Waals surface area contributed by atoms with Crippen LogP contribution in [-0.4, -0.2) is 44.9 Å². The first-order chi connectivity index (χ1) is 11.6. The van der Waals surface area contributed by atoms with Crippen LogP contribution in [0.4, 0.5) is 0 Å². The molecule has 0 saturated carbocycles. The summed E-state index contributed by atoms with van der Waals surface area (Å²) in [6.07, 6.45) is 4.15. The molecule has 2 aromatic heterocycles. The van der Waals surface area contributed by atoms with E-state index in [1.165, 1.54) is 23.9 Å². The molecule has 0 spiro atoms. The van der Waals surface area contributed by atoms with Gasteiger partial charge in [-0.3, -0.25) is 14.6 Å². The Morgan fingerprint density at radius 3 is 2.83 bits per heavy atom. The third kappa shape index (κ3) is 3.51. The van der Waals surface area contributed by atoms with Crippen molar-refractivity contribution in [1.82, 2.24) is 20.2 Å². The van der Waals surface area contributed by atoms with Crippen LogP contribution in [0.5, 0.6) is 5.75 Å². The summed E-state index contributed by atoms with van der Waals surface area (Å²) in [5.74, 6) is -0.705. The molecule has 0 unspecified atom stereocenters. The van der Waals surface area contributed by atoms with Crippen LogP contribution in [0.3, 0.4) is 0 Å². The zero-order chi connectivity index (χ0) is 16.9. The molecule has 0 saturated heterocycles. The molecule has 2 amide bonds. The first-order valence-corrected chi connectivity index (χ1v) is 7.78. The van der Waals surface area contributed by atoms with Gasteiger partial charge in [0.2, 0.25) is 5.91 Å². The van der Waals surface area contributed by atoms with Crippen LogP contribution in [-0.2, 0) is 17.8 Å². The minimum absolute atomic E-state index is 0.0307. The van der Waals surface area contributed by atoms with Gasteiger partial charge in [0.25, 0.3) is 5.91 Å². The zero-order valence-electron chi connectivity index (χ0n) is 13.1. The minimum Gasteiger partial charge on any atom is -0.505 e. The molecule has 0 aliphatic carbocycles. The fourth-order valence-corrected chi connectivity index (χ4v) is 2.67. The van der Waals surface area contributed by atoms with Crippen LogP contribution < -0.4 is 5.32 Å². The summed E-state index contributed by atoms with van der Waals surface area (Å²) in [7, 11) is 0. The van der Waals surface area contributed by atoms with E-state index < -0.39 is 5.91 Å². The predicted molar refractivity (Wildman–Crippen MR) is 86.2 cm³/mol. The maximum atomic E-state index is 12.3. The van der Waals surface area contributed by atoms with Gasteiger partial charge < -0.3 is 15.3 Å². The second kappa shape index (κ2) is 7.08. The van der Waals surface area contributed by atoms with E-state index in [1.54, 1.807) is 11.1 Å². The van der Waals surface area contributed by atoms with Crippen LogP contribution in [0.15, 0.2) is 36.7 Å². The molecule has 1 aliphatic heterocycles. The standard InChI is InChI=1S/C17H18N4O3/c22-14-4-2-8-19-16(14)17(24)20-9-5-15(23)21-10-6-12-3-1-7-18-13(12)11-21/h1-4,7-8,22H,5-6,9-11H2,(H,20,24). The van der Waals surface area contributed by atoms with Crippen molar-refractivity contribution in [3.05, 3.63) is 53.6 Å². The fourth-order valence-electron chi connectivity index (χ4n) is 2.67. The largest absolute Gasteiger partial charge is 0.505 e. The van der Waals surface area contributed by atoms with E-state index >= 15 is 0 Å². The molecule has 7 heteroatoms. The van der Waals surface area contributed by atoms with Crippen molar-refractivity contribution in [2.45, 2.75) is 19.4 Å². The second-order valence-corrected chi connectivity index (χ2v) is 5.55. The molecule has 0 bridgehead atoms. The van der Waals surface area contributed by atoms with Gasteiger partial charge in [-0.1, -0.05) is 6.07 Å². The molecule has 3 heterocycles. The van der Waals surface area contributed by atoms with Crippen LogP contribution in [0.2, 0.25) is 0 Å². The summed E-state index contributed by atoms with van der Waals surface area (Å²) in [5.41, 5.74) is 2.07. The zero-order valence-corrected chi connectivity index (χ0v) is 13.1. The topological polar surface area (TPSA) is 95.4 Å². The molecular formula is C17H18N4O3. The van der Waals surface area contributed by atoms with E-state index in [0.29, 0.717) is 13.1 Å². The van der Waals surface area contributed by atoms with Gasteiger partial charge in [-0.05, 0) is 30.2 Å². The van der Waals surface area contributed by atoms with Crippen molar-refractivity contribution in [2.75, 3.05) is 13.1 Å². The molecule has 0 radical (unpaired) electrons. The number of rotatable bonds is 4. The number of aromatic nitrogens is 2. The first-order valence-electron chi connectivity index (χ1n) is 7.78. The fraction of sp³-hybridized carbons (Fsp3) is 0.294. The summed E-state index contributed by atoms with van der Waals surface area (Å²) in [6, 6.07) is 6.87. The Kier molecular flexibility index (Phi) is 4.69. The van der Waals surface area contributed by atoms with E-state index in [-0.39, 0.29) is 30.3 Å². The van der Waals surface area contributed by atoms with Crippen LogP contribution in [0.1, 0.15) is 28.2 Å². The van der Waals surface area contributed by atoms with Crippen molar-refractivity contribution in [3.63, 3.8) is 0 Å². The number of hydrogen-bond acceptors (Lipinski definition) is 5. The number of nitrogens with one attached hydrogen (secondary N) is 1. The first kappa shape index (κ1) is 15.9. The van der Waals surface area contributed by atoms with Crippen molar-refractivity contribution < 1.29 is 14.7 Å². The molecule has 124 valence electrons. The van der Waals surface area contributed by atoms with E-state index in [2.05, 4.69) is 15.3 Å². The number of carbonyl (C=O) groups excluding carboxylic acids is 2. The normalized spacial score (nSPS) is 13.2. The highest BCUT2D eigenvalue weighted by molar-refractivity contribution is 5.94. The number of amides is 2. The molecule has 2 aromatic rings. The smallest absolute Gasteiger partial charge is 0.273 e. The van der Waals surface area contributed by atoms with E-state index in [9.17, 15) is 14.7 Å². The SMILES string of the molecule is O=C(NCCC(=O)N1CCc2cccnc2C1)c1ncccc1O. The van der Waals surface area contributed by atoms with Crippen molar-refractivity contribution in [3.8, 4) is 5.75 Å². The van der Waals surface area contributed by atoms with Gasteiger partial charge in [-0.25, -0.2) is 4.98 Å². The third-order valence-electron chi connectivity index (χ3n) is 3.95. The maximum Gasteiger partial charge on any atom is 0.273 e. The average Bonchev–Trinajstić information content (AvgIpc) is 2.61. The average molecular weight is 326 g/mol. The quantitative estimate of drug-likeness (QED) is 0.870.